The zero-order valence-electron chi connectivity index (χ0n) is 13.7. The molecule has 0 aromatic heterocycles. The van der Waals surface area contributed by atoms with Crippen LogP contribution >= 0.6 is 22.6 Å². The molecule has 3 rings (SSSR count). The minimum atomic E-state index is -0.479. The fourth-order valence-electron chi connectivity index (χ4n) is 2.62. The van der Waals surface area contributed by atoms with E-state index in [0.29, 0.717) is 16.7 Å². The molecule has 6 heteroatoms. The number of hydrogen-bond acceptors (Lipinski definition) is 4. The zero-order valence-corrected chi connectivity index (χ0v) is 15.9. The van der Waals surface area contributed by atoms with Crippen molar-refractivity contribution in [1.82, 2.24) is 9.80 Å². The second-order valence-electron chi connectivity index (χ2n) is 5.81. The van der Waals surface area contributed by atoms with E-state index in [1.807, 2.05) is 12.1 Å². The topological polar surface area (TPSA) is 57.7 Å². The van der Waals surface area contributed by atoms with Crippen molar-refractivity contribution in [1.29, 1.82) is 0 Å². The highest BCUT2D eigenvalue weighted by Crippen LogP contribution is 2.28. The van der Waals surface area contributed by atoms with E-state index in [-0.39, 0.29) is 11.5 Å². The van der Waals surface area contributed by atoms with Crippen molar-refractivity contribution in [3.63, 3.8) is 0 Å². The number of amides is 2. The van der Waals surface area contributed by atoms with Gasteiger partial charge in [-0.1, -0.05) is 12.1 Å². The van der Waals surface area contributed by atoms with Gasteiger partial charge in [-0.15, -0.1) is 0 Å². The maximum atomic E-state index is 13.0. The number of Topliss-reactive ketones (excluding diaryl/α,β-unsaturated/α-hetero) is 1. The Balaban J connectivity index is 2.06. The van der Waals surface area contributed by atoms with Crippen LogP contribution in [-0.4, -0.2) is 41.5 Å². The molecule has 1 aliphatic heterocycles. The Bertz CT molecular complexity index is 866. The SMILES string of the molecule is CN(C)C=C(C(=O)c1ccc(I)cc1)N1C(=O)c2ccccc2C1=O. The molecule has 126 valence electrons. The average molecular weight is 446 g/mol. The molecule has 5 nitrogen and oxygen atoms in total. The Labute approximate surface area is 159 Å². The van der Waals surface area contributed by atoms with Gasteiger partial charge in [-0.05, 0) is 59.0 Å². The monoisotopic (exact) mass is 446 g/mol. The first kappa shape index (κ1) is 17.3. The molecule has 0 radical (unpaired) electrons. The molecular weight excluding hydrogens is 431 g/mol. The van der Waals surface area contributed by atoms with Gasteiger partial charge >= 0.3 is 0 Å². The van der Waals surface area contributed by atoms with Crippen molar-refractivity contribution in [2.45, 2.75) is 0 Å². The number of hydrogen-bond donors (Lipinski definition) is 0. The summed E-state index contributed by atoms with van der Waals surface area (Å²) in [7, 11) is 3.47. The van der Waals surface area contributed by atoms with Crippen LogP contribution in [0.5, 0.6) is 0 Å². The van der Waals surface area contributed by atoms with Crippen LogP contribution in [0.15, 0.2) is 60.4 Å². The highest BCUT2D eigenvalue weighted by atomic mass is 127. The molecule has 25 heavy (non-hydrogen) atoms. The first-order chi connectivity index (χ1) is 11.9. The summed E-state index contributed by atoms with van der Waals surface area (Å²) in [5, 5.41) is 0. The van der Waals surface area contributed by atoms with E-state index in [2.05, 4.69) is 22.6 Å². The lowest BCUT2D eigenvalue weighted by molar-refractivity contribution is 0.0675. The van der Waals surface area contributed by atoms with E-state index in [1.165, 1.54) is 6.20 Å². The fraction of sp³-hybridized carbons (Fsp3) is 0.105. The number of rotatable bonds is 4. The third-order valence-electron chi connectivity index (χ3n) is 3.75. The lowest BCUT2D eigenvalue weighted by Crippen LogP contribution is -2.34. The van der Waals surface area contributed by atoms with Crippen molar-refractivity contribution < 1.29 is 14.4 Å². The summed E-state index contributed by atoms with van der Waals surface area (Å²) in [6, 6.07) is 13.6. The van der Waals surface area contributed by atoms with Crippen LogP contribution in [0.3, 0.4) is 0 Å². The Hall–Kier alpha value is -2.48. The number of benzene rings is 2. The predicted octanol–water partition coefficient (Wildman–Crippen LogP) is 3.17. The molecule has 1 aliphatic rings. The van der Waals surface area contributed by atoms with Crippen LogP contribution in [0.1, 0.15) is 31.1 Å². The third kappa shape index (κ3) is 3.21. The number of ketones is 1. The summed E-state index contributed by atoms with van der Waals surface area (Å²) in [5.74, 6) is -1.33. The molecule has 1 heterocycles. The smallest absolute Gasteiger partial charge is 0.266 e. The van der Waals surface area contributed by atoms with Crippen LogP contribution in [0, 0.1) is 3.57 Å². The second-order valence-corrected chi connectivity index (χ2v) is 7.05. The summed E-state index contributed by atoms with van der Waals surface area (Å²) in [6.45, 7) is 0. The van der Waals surface area contributed by atoms with E-state index in [1.54, 1.807) is 55.4 Å². The third-order valence-corrected chi connectivity index (χ3v) is 4.47. The molecule has 2 aromatic rings. The van der Waals surface area contributed by atoms with Gasteiger partial charge in [0.2, 0.25) is 5.78 Å². The van der Waals surface area contributed by atoms with Crippen molar-refractivity contribution in [2.75, 3.05) is 14.1 Å². The Morgan fingerprint density at radius 1 is 0.960 bits per heavy atom. The minimum Gasteiger partial charge on any atom is -0.382 e. The minimum absolute atomic E-state index is 0.0393. The van der Waals surface area contributed by atoms with E-state index >= 15 is 0 Å². The van der Waals surface area contributed by atoms with Crippen LogP contribution in [-0.2, 0) is 0 Å². The van der Waals surface area contributed by atoms with Gasteiger partial charge in [0.05, 0.1) is 11.1 Å². The molecule has 0 atom stereocenters. The van der Waals surface area contributed by atoms with Crippen molar-refractivity contribution >= 4 is 40.2 Å². The van der Waals surface area contributed by atoms with E-state index < -0.39 is 11.8 Å². The molecule has 0 N–H and O–H groups in total. The van der Waals surface area contributed by atoms with Crippen molar-refractivity contribution in [3.05, 3.63) is 80.7 Å². The summed E-state index contributed by atoms with van der Waals surface area (Å²) in [5.41, 5.74) is 1.09. The molecule has 2 aromatic carbocycles. The van der Waals surface area contributed by atoms with Gasteiger partial charge in [0.1, 0.15) is 5.70 Å². The van der Waals surface area contributed by atoms with Gasteiger partial charge < -0.3 is 4.90 Å². The number of halogens is 1. The molecule has 0 bridgehead atoms. The lowest BCUT2D eigenvalue weighted by atomic mass is 10.1. The zero-order chi connectivity index (χ0) is 18.1. The second kappa shape index (κ2) is 6.79. The molecule has 0 fully saturated rings. The molecule has 0 unspecified atom stereocenters. The number of carbonyl (C=O) groups is 3. The van der Waals surface area contributed by atoms with Crippen LogP contribution in [0.25, 0.3) is 0 Å². The number of fused-ring (bicyclic) bond motifs is 1. The highest BCUT2D eigenvalue weighted by Gasteiger charge is 2.39. The Morgan fingerprint density at radius 3 is 1.96 bits per heavy atom. The van der Waals surface area contributed by atoms with Crippen LogP contribution < -0.4 is 0 Å². The van der Waals surface area contributed by atoms with Gasteiger partial charge in [-0.2, -0.15) is 0 Å². The molecule has 0 spiro atoms. The van der Waals surface area contributed by atoms with Crippen LogP contribution in [0.4, 0.5) is 0 Å². The molecule has 0 saturated heterocycles. The summed E-state index contributed by atoms with van der Waals surface area (Å²) >= 11 is 2.15. The lowest BCUT2D eigenvalue weighted by Gasteiger charge is -2.19. The van der Waals surface area contributed by atoms with Gasteiger partial charge in [-0.3, -0.25) is 14.4 Å². The number of imide groups is 1. The number of carbonyl (C=O) groups excluding carboxylic acids is 3. The van der Waals surface area contributed by atoms with Gasteiger partial charge in [0.15, 0.2) is 0 Å². The standard InChI is InChI=1S/C19H15IN2O3/c1-21(2)11-16(17(23)12-7-9-13(20)10-8-12)22-18(24)14-5-3-4-6-15(14)19(22)25/h3-11H,1-2H3. The first-order valence-corrected chi connectivity index (χ1v) is 8.64. The molecule has 2 amide bonds. The molecular formula is C19H15IN2O3. The fourth-order valence-corrected chi connectivity index (χ4v) is 2.98. The van der Waals surface area contributed by atoms with E-state index in [0.717, 1.165) is 8.47 Å². The Kier molecular flexibility index (Phi) is 4.71. The molecule has 0 aliphatic carbocycles. The predicted molar refractivity (Wildman–Crippen MR) is 102 cm³/mol. The number of nitrogens with zero attached hydrogens (tertiary/aromatic N) is 2. The quantitative estimate of drug-likeness (QED) is 0.314. The van der Waals surface area contributed by atoms with E-state index in [4.69, 9.17) is 0 Å². The average Bonchev–Trinajstić information content (AvgIpc) is 2.84. The number of allylic oxidation sites excluding steroid dienone is 1. The Morgan fingerprint density at radius 2 is 1.48 bits per heavy atom. The van der Waals surface area contributed by atoms with Gasteiger partial charge in [-0.25, -0.2) is 4.90 Å². The van der Waals surface area contributed by atoms with Gasteiger partial charge in [0, 0.05) is 29.4 Å². The largest absolute Gasteiger partial charge is 0.382 e. The van der Waals surface area contributed by atoms with Crippen LogP contribution in [0.2, 0.25) is 0 Å². The normalized spacial score (nSPS) is 13.9. The first-order valence-electron chi connectivity index (χ1n) is 7.56. The maximum Gasteiger partial charge on any atom is 0.266 e. The summed E-state index contributed by atoms with van der Waals surface area (Å²) < 4.78 is 0.994. The summed E-state index contributed by atoms with van der Waals surface area (Å²) in [6.07, 6.45) is 1.50. The maximum absolute atomic E-state index is 13.0. The summed E-state index contributed by atoms with van der Waals surface area (Å²) in [4.78, 5) is 41.0. The van der Waals surface area contributed by atoms with Gasteiger partial charge in [0.25, 0.3) is 11.8 Å². The van der Waals surface area contributed by atoms with E-state index in [9.17, 15) is 14.4 Å². The van der Waals surface area contributed by atoms with Crippen molar-refractivity contribution in [3.8, 4) is 0 Å². The highest BCUT2D eigenvalue weighted by molar-refractivity contribution is 14.1. The van der Waals surface area contributed by atoms with Crippen molar-refractivity contribution in [2.24, 2.45) is 0 Å². The molecule has 0 saturated carbocycles.